The predicted octanol–water partition coefficient (Wildman–Crippen LogP) is 2.94. The molecule has 0 aliphatic heterocycles. The fourth-order valence-corrected chi connectivity index (χ4v) is 2.60. The molecule has 1 aromatic carbocycles. The van der Waals surface area contributed by atoms with E-state index in [0.29, 0.717) is 0 Å². The number of fused-ring (bicyclic) bond motifs is 1. The highest BCUT2D eigenvalue weighted by Crippen LogP contribution is 2.31. The minimum Gasteiger partial charge on any atom is -0.496 e. The SMILES string of the molecule is CC[C@@H](Nc1ncnc2c1cnn2C)c1ccccc1OC. The van der Waals surface area contributed by atoms with E-state index in [2.05, 4.69) is 33.4 Å². The van der Waals surface area contributed by atoms with E-state index in [1.54, 1.807) is 24.3 Å². The van der Waals surface area contributed by atoms with Crippen LogP contribution in [0.25, 0.3) is 11.0 Å². The van der Waals surface area contributed by atoms with Crippen LogP contribution in [-0.2, 0) is 7.05 Å². The van der Waals surface area contributed by atoms with E-state index < -0.39 is 0 Å². The Balaban J connectivity index is 1.98. The van der Waals surface area contributed by atoms with Gasteiger partial charge in [-0.2, -0.15) is 5.10 Å². The van der Waals surface area contributed by atoms with Gasteiger partial charge in [0.05, 0.1) is 24.7 Å². The smallest absolute Gasteiger partial charge is 0.163 e. The molecule has 1 atom stereocenters. The summed E-state index contributed by atoms with van der Waals surface area (Å²) < 4.78 is 7.21. The first-order valence-corrected chi connectivity index (χ1v) is 7.26. The second kappa shape index (κ2) is 6.01. The molecule has 3 aromatic rings. The average molecular weight is 297 g/mol. The molecular formula is C16H19N5O. The Bertz CT molecular complexity index is 783. The monoisotopic (exact) mass is 297 g/mol. The maximum absolute atomic E-state index is 5.47. The first kappa shape index (κ1) is 14.3. The highest BCUT2D eigenvalue weighted by Gasteiger charge is 2.16. The van der Waals surface area contributed by atoms with Crippen LogP contribution in [0, 0.1) is 0 Å². The van der Waals surface area contributed by atoms with Crippen LogP contribution in [0.5, 0.6) is 5.75 Å². The number of aromatic nitrogens is 4. The fourth-order valence-electron chi connectivity index (χ4n) is 2.60. The van der Waals surface area contributed by atoms with Crippen molar-refractivity contribution in [3.63, 3.8) is 0 Å². The molecule has 114 valence electrons. The Labute approximate surface area is 129 Å². The summed E-state index contributed by atoms with van der Waals surface area (Å²) in [5.74, 6) is 1.66. The fraction of sp³-hybridized carbons (Fsp3) is 0.312. The molecule has 1 N–H and O–H groups in total. The molecule has 2 heterocycles. The molecule has 22 heavy (non-hydrogen) atoms. The maximum Gasteiger partial charge on any atom is 0.163 e. The van der Waals surface area contributed by atoms with Gasteiger partial charge < -0.3 is 10.1 Å². The Morgan fingerprint density at radius 1 is 1.27 bits per heavy atom. The van der Waals surface area contributed by atoms with Crippen molar-refractivity contribution in [2.45, 2.75) is 19.4 Å². The van der Waals surface area contributed by atoms with Gasteiger partial charge in [0.1, 0.15) is 17.9 Å². The summed E-state index contributed by atoms with van der Waals surface area (Å²) >= 11 is 0. The standard InChI is InChI=1S/C16H19N5O/c1-4-13(11-7-5-6-8-14(11)22-3)20-15-12-9-19-21(2)16(12)18-10-17-15/h5-10,13H,4H2,1-3H3,(H,17,18,20)/t13-/m1/s1. The summed E-state index contributed by atoms with van der Waals surface area (Å²) in [6.45, 7) is 2.13. The molecule has 0 fully saturated rings. The number of hydrogen-bond acceptors (Lipinski definition) is 5. The molecule has 0 saturated heterocycles. The largest absolute Gasteiger partial charge is 0.496 e. The van der Waals surface area contributed by atoms with Crippen molar-refractivity contribution in [2.24, 2.45) is 7.05 Å². The second-order valence-corrected chi connectivity index (χ2v) is 5.07. The number of para-hydroxylation sites is 1. The molecule has 0 amide bonds. The molecule has 0 radical (unpaired) electrons. The van der Waals surface area contributed by atoms with E-state index in [0.717, 1.165) is 34.6 Å². The van der Waals surface area contributed by atoms with E-state index in [9.17, 15) is 0 Å². The Hall–Kier alpha value is -2.63. The third kappa shape index (κ3) is 2.47. The summed E-state index contributed by atoms with van der Waals surface area (Å²) in [5, 5.41) is 8.65. The van der Waals surface area contributed by atoms with Crippen molar-refractivity contribution in [3.05, 3.63) is 42.4 Å². The van der Waals surface area contributed by atoms with Crippen LogP contribution >= 0.6 is 0 Å². The van der Waals surface area contributed by atoms with Crippen LogP contribution < -0.4 is 10.1 Å². The highest BCUT2D eigenvalue weighted by molar-refractivity contribution is 5.86. The van der Waals surface area contributed by atoms with Gasteiger partial charge in [-0.1, -0.05) is 25.1 Å². The summed E-state index contributed by atoms with van der Waals surface area (Å²) in [5.41, 5.74) is 1.93. The molecule has 0 saturated carbocycles. The number of nitrogens with zero attached hydrogens (tertiary/aromatic N) is 4. The third-order valence-corrected chi connectivity index (χ3v) is 3.76. The number of hydrogen-bond donors (Lipinski definition) is 1. The van der Waals surface area contributed by atoms with E-state index in [4.69, 9.17) is 4.74 Å². The van der Waals surface area contributed by atoms with Gasteiger partial charge in [-0.15, -0.1) is 0 Å². The number of ether oxygens (including phenoxy) is 1. The highest BCUT2D eigenvalue weighted by atomic mass is 16.5. The van der Waals surface area contributed by atoms with Gasteiger partial charge in [-0.25, -0.2) is 9.97 Å². The molecule has 0 aliphatic rings. The van der Waals surface area contributed by atoms with Gasteiger partial charge in [0.2, 0.25) is 0 Å². The van der Waals surface area contributed by atoms with E-state index in [1.807, 2.05) is 25.2 Å². The lowest BCUT2D eigenvalue weighted by Crippen LogP contribution is -2.12. The number of aryl methyl sites for hydroxylation is 1. The first-order chi connectivity index (χ1) is 10.7. The van der Waals surface area contributed by atoms with Crippen LogP contribution in [-0.4, -0.2) is 26.9 Å². The summed E-state index contributed by atoms with van der Waals surface area (Å²) in [7, 11) is 3.56. The van der Waals surface area contributed by atoms with Crippen molar-refractivity contribution < 1.29 is 4.74 Å². The van der Waals surface area contributed by atoms with Crippen LogP contribution in [0.1, 0.15) is 24.9 Å². The summed E-state index contributed by atoms with van der Waals surface area (Å²) in [6.07, 6.45) is 4.25. The van der Waals surface area contributed by atoms with E-state index in [1.165, 1.54) is 0 Å². The minimum atomic E-state index is 0.106. The van der Waals surface area contributed by atoms with Crippen molar-refractivity contribution in [1.29, 1.82) is 0 Å². The molecule has 2 aromatic heterocycles. The van der Waals surface area contributed by atoms with Gasteiger partial charge in [0, 0.05) is 12.6 Å². The zero-order valence-electron chi connectivity index (χ0n) is 12.9. The summed E-state index contributed by atoms with van der Waals surface area (Å²) in [4.78, 5) is 8.64. The van der Waals surface area contributed by atoms with Crippen LogP contribution in [0.15, 0.2) is 36.8 Å². The van der Waals surface area contributed by atoms with Gasteiger partial charge in [-0.05, 0) is 12.5 Å². The number of nitrogens with one attached hydrogen (secondary N) is 1. The predicted molar refractivity (Wildman–Crippen MR) is 86.0 cm³/mol. The summed E-state index contributed by atoms with van der Waals surface area (Å²) in [6, 6.07) is 8.14. The molecule has 0 unspecified atom stereocenters. The molecule has 3 rings (SSSR count). The first-order valence-electron chi connectivity index (χ1n) is 7.26. The molecule has 6 heteroatoms. The number of benzene rings is 1. The zero-order valence-corrected chi connectivity index (χ0v) is 12.9. The maximum atomic E-state index is 5.47. The molecule has 6 nitrogen and oxygen atoms in total. The van der Waals surface area contributed by atoms with Gasteiger partial charge >= 0.3 is 0 Å². The van der Waals surface area contributed by atoms with Crippen LogP contribution in [0.4, 0.5) is 5.82 Å². The number of anilines is 1. The Morgan fingerprint density at radius 2 is 2.09 bits per heavy atom. The molecule has 0 bridgehead atoms. The second-order valence-electron chi connectivity index (χ2n) is 5.07. The zero-order chi connectivity index (χ0) is 15.5. The lowest BCUT2D eigenvalue weighted by molar-refractivity contribution is 0.406. The van der Waals surface area contributed by atoms with Crippen molar-refractivity contribution in [2.75, 3.05) is 12.4 Å². The normalized spacial score (nSPS) is 12.3. The van der Waals surface area contributed by atoms with Gasteiger partial charge in [-0.3, -0.25) is 4.68 Å². The van der Waals surface area contributed by atoms with Gasteiger partial charge in [0.15, 0.2) is 5.65 Å². The average Bonchev–Trinajstić information content (AvgIpc) is 2.95. The van der Waals surface area contributed by atoms with E-state index in [-0.39, 0.29) is 6.04 Å². The number of methoxy groups -OCH3 is 1. The van der Waals surface area contributed by atoms with Gasteiger partial charge in [0.25, 0.3) is 0 Å². The molecule has 0 aliphatic carbocycles. The molecule has 0 spiro atoms. The minimum absolute atomic E-state index is 0.106. The quantitative estimate of drug-likeness (QED) is 0.784. The van der Waals surface area contributed by atoms with Crippen LogP contribution in [0.3, 0.4) is 0 Å². The topological polar surface area (TPSA) is 64.9 Å². The van der Waals surface area contributed by atoms with Crippen molar-refractivity contribution >= 4 is 16.9 Å². The third-order valence-electron chi connectivity index (χ3n) is 3.76. The number of rotatable bonds is 5. The van der Waals surface area contributed by atoms with E-state index >= 15 is 0 Å². The van der Waals surface area contributed by atoms with Crippen LogP contribution in [0.2, 0.25) is 0 Å². The molecular weight excluding hydrogens is 278 g/mol. The van der Waals surface area contributed by atoms with Crippen molar-refractivity contribution in [1.82, 2.24) is 19.7 Å². The Kier molecular flexibility index (Phi) is 3.91. The Morgan fingerprint density at radius 3 is 2.86 bits per heavy atom. The van der Waals surface area contributed by atoms with Crippen molar-refractivity contribution in [3.8, 4) is 5.75 Å². The lowest BCUT2D eigenvalue weighted by atomic mass is 10.0. The lowest BCUT2D eigenvalue weighted by Gasteiger charge is -2.20.